The highest BCUT2D eigenvalue weighted by Gasteiger charge is 2.16. The Morgan fingerprint density at radius 1 is 1.24 bits per heavy atom. The predicted octanol–water partition coefficient (Wildman–Crippen LogP) is 1.98. The molecular formula is C13H19NO2S. The summed E-state index contributed by atoms with van der Waals surface area (Å²) in [5.74, 6) is 0.852. The Bertz CT molecular complexity index is 461. The molecule has 0 aliphatic heterocycles. The first-order valence-electron chi connectivity index (χ1n) is 6.05. The molecule has 0 aromatic heterocycles. The van der Waals surface area contributed by atoms with Gasteiger partial charge in [-0.1, -0.05) is 18.6 Å². The third-order valence-electron chi connectivity index (χ3n) is 3.34. The van der Waals surface area contributed by atoms with Crippen molar-refractivity contribution in [3.05, 3.63) is 29.8 Å². The van der Waals surface area contributed by atoms with Crippen molar-refractivity contribution in [3.8, 4) is 0 Å². The highest BCUT2D eigenvalue weighted by molar-refractivity contribution is 7.90. The molecule has 0 bridgehead atoms. The molecule has 3 nitrogen and oxygen atoms in total. The van der Waals surface area contributed by atoms with Gasteiger partial charge in [-0.2, -0.15) is 0 Å². The summed E-state index contributed by atoms with van der Waals surface area (Å²) in [7, 11) is -3.07. The predicted molar refractivity (Wildman–Crippen MR) is 68.6 cm³/mol. The van der Waals surface area contributed by atoms with Crippen molar-refractivity contribution in [2.24, 2.45) is 5.92 Å². The maximum absolute atomic E-state index is 11.3. The molecule has 1 aromatic rings. The van der Waals surface area contributed by atoms with Crippen molar-refractivity contribution in [2.45, 2.75) is 30.7 Å². The van der Waals surface area contributed by atoms with Crippen molar-refractivity contribution in [3.63, 3.8) is 0 Å². The summed E-state index contributed by atoms with van der Waals surface area (Å²) in [6.45, 7) is 1.90. The van der Waals surface area contributed by atoms with Crippen molar-refractivity contribution < 1.29 is 8.42 Å². The molecule has 0 atom stereocenters. The van der Waals surface area contributed by atoms with Crippen molar-refractivity contribution in [2.75, 3.05) is 12.8 Å². The van der Waals surface area contributed by atoms with Crippen LogP contribution in [0.4, 0.5) is 0 Å². The molecule has 4 heteroatoms. The molecule has 1 aliphatic rings. The minimum absolute atomic E-state index is 0.389. The third kappa shape index (κ3) is 3.54. The van der Waals surface area contributed by atoms with Crippen LogP contribution in [0, 0.1) is 5.92 Å². The largest absolute Gasteiger partial charge is 0.312 e. The lowest BCUT2D eigenvalue weighted by Crippen LogP contribution is -2.26. The topological polar surface area (TPSA) is 46.2 Å². The number of nitrogens with one attached hydrogen (secondary N) is 1. The Kier molecular flexibility index (Phi) is 3.84. The molecule has 1 fully saturated rings. The zero-order valence-electron chi connectivity index (χ0n) is 10.1. The van der Waals surface area contributed by atoms with E-state index < -0.39 is 9.84 Å². The van der Waals surface area contributed by atoms with Gasteiger partial charge in [-0.05, 0) is 43.0 Å². The Hall–Kier alpha value is -0.870. The summed E-state index contributed by atoms with van der Waals surface area (Å²) in [4.78, 5) is 0.389. The van der Waals surface area contributed by atoms with Gasteiger partial charge in [0.1, 0.15) is 0 Å². The molecule has 0 amide bonds. The molecule has 0 unspecified atom stereocenters. The summed E-state index contributed by atoms with van der Waals surface area (Å²) in [6, 6.07) is 7.11. The summed E-state index contributed by atoms with van der Waals surface area (Å²) in [6.07, 6.45) is 5.30. The fourth-order valence-electron chi connectivity index (χ4n) is 1.97. The van der Waals surface area contributed by atoms with E-state index in [-0.39, 0.29) is 0 Å². The molecule has 1 aromatic carbocycles. The monoisotopic (exact) mass is 253 g/mol. The van der Waals surface area contributed by atoms with Gasteiger partial charge in [-0.25, -0.2) is 8.42 Å². The first-order valence-corrected chi connectivity index (χ1v) is 7.94. The first-order chi connectivity index (χ1) is 8.05. The number of hydrogen-bond acceptors (Lipinski definition) is 3. The molecule has 1 saturated carbocycles. The van der Waals surface area contributed by atoms with E-state index in [1.165, 1.54) is 25.5 Å². The van der Waals surface area contributed by atoms with Crippen LogP contribution in [0.15, 0.2) is 29.2 Å². The van der Waals surface area contributed by atoms with Crippen molar-refractivity contribution >= 4 is 9.84 Å². The van der Waals surface area contributed by atoms with Gasteiger partial charge in [0, 0.05) is 12.8 Å². The average molecular weight is 253 g/mol. The molecule has 1 N–H and O–H groups in total. The van der Waals surface area contributed by atoms with Crippen LogP contribution < -0.4 is 5.32 Å². The van der Waals surface area contributed by atoms with E-state index in [0.717, 1.165) is 24.6 Å². The molecule has 1 aliphatic carbocycles. The van der Waals surface area contributed by atoms with Crippen molar-refractivity contribution in [1.82, 2.24) is 5.32 Å². The van der Waals surface area contributed by atoms with Gasteiger partial charge in [-0.3, -0.25) is 0 Å². The third-order valence-corrected chi connectivity index (χ3v) is 4.47. The average Bonchev–Trinajstić information content (AvgIpc) is 2.21. The van der Waals surface area contributed by atoms with Gasteiger partial charge >= 0.3 is 0 Å². The Morgan fingerprint density at radius 3 is 2.35 bits per heavy atom. The lowest BCUT2D eigenvalue weighted by atomic mass is 9.85. The van der Waals surface area contributed by atoms with E-state index in [9.17, 15) is 8.42 Å². The first kappa shape index (κ1) is 12.6. The maximum Gasteiger partial charge on any atom is 0.175 e. The Morgan fingerprint density at radius 2 is 1.88 bits per heavy atom. The molecular weight excluding hydrogens is 234 g/mol. The highest BCUT2D eigenvalue weighted by atomic mass is 32.2. The normalized spacial score (nSPS) is 16.8. The van der Waals surface area contributed by atoms with E-state index >= 15 is 0 Å². The van der Waals surface area contributed by atoms with E-state index in [2.05, 4.69) is 5.32 Å². The zero-order chi connectivity index (χ0) is 12.3. The lowest BCUT2D eigenvalue weighted by Gasteiger charge is -2.25. The van der Waals surface area contributed by atoms with E-state index in [4.69, 9.17) is 0 Å². The Labute approximate surface area is 103 Å². The second-order valence-electron chi connectivity index (χ2n) is 4.84. The van der Waals surface area contributed by atoms with Crippen LogP contribution in [0.25, 0.3) is 0 Å². The van der Waals surface area contributed by atoms with Crippen LogP contribution in [0.5, 0.6) is 0 Å². The van der Waals surface area contributed by atoms with E-state index in [1.807, 2.05) is 12.1 Å². The summed E-state index contributed by atoms with van der Waals surface area (Å²) < 4.78 is 22.6. The number of benzene rings is 1. The second kappa shape index (κ2) is 5.19. The van der Waals surface area contributed by atoms with Crippen LogP contribution in [0.1, 0.15) is 24.8 Å². The van der Waals surface area contributed by atoms with Gasteiger partial charge in [0.05, 0.1) is 4.90 Å². The zero-order valence-corrected chi connectivity index (χ0v) is 11.0. The van der Waals surface area contributed by atoms with Crippen LogP contribution in [-0.2, 0) is 16.4 Å². The fourth-order valence-corrected chi connectivity index (χ4v) is 2.60. The second-order valence-corrected chi connectivity index (χ2v) is 6.86. The molecule has 0 heterocycles. The lowest BCUT2D eigenvalue weighted by molar-refractivity contribution is 0.301. The number of hydrogen-bond donors (Lipinski definition) is 1. The van der Waals surface area contributed by atoms with E-state index in [1.54, 1.807) is 12.1 Å². The van der Waals surface area contributed by atoms with Crippen LogP contribution >= 0.6 is 0 Å². The number of sulfone groups is 1. The highest BCUT2D eigenvalue weighted by Crippen LogP contribution is 2.25. The quantitative estimate of drug-likeness (QED) is 0.873. The standard InChI is InChI=1S/C13H19NO2S/c1-17(15,16)13-7-5-12(6-8-13)10-14-9-11-3-2-4-11/h5-8,11,14H,2-4,9-10H2,1H3. The minimum atomic E-state index is -3.07. The van der Waals surface area contributed by atoms with Gasteiger partial charge in [-0.15, -0.1) is 0 Å². The summed E-state index contributed by atoms with van der Waals surface area (Å²) >= 11 is 0. The van der Waals surface area contributed by atoms with Crippen molar-refractivity contribution in [1.29, 1.82) is 0 Å². The minimum Gasteiger partial charge on any atom is -0.312 e. The maximum atomic E-state index is 11.3. The van der Waals surface area contributed by atoms with Crippen LogP contribution in [-0.4, -0.2) is 21.2 Å². The molecule has 0 spiro atoms. The molecule has 0 radical (unpaired) electrons. The number of rotatable bonds is 5. The van der Waals surface area contributed by atoms with E-state index in [0.29, 0.717) is 4.90 Å². The van der Waals surface area contributed by atoms with Crippen LogP contribution in [0.2, 0.25) is 0 Å². The van der Waals surface area contributed by atoms with Crippen LogP contribution in [0.3, 0.4) is 0 Å². The fraction of sp³-hybridized carbons (Fsp3) is 0.538. The SMILES string of the molecule is CS(=O)(=O)c1ccc(CNCC2CCC2)cc1. The summed E-state index contributed by atoms with van der Waals surface area (Å²) in [5, 5.41) is 3.41. The molecule has 94 valence electrons. The van der Waals surface area contributed by atoms with Gasteiger partial charge < -0.3 is 5.32 Å². The molecule has 0 saturated heterocycles. The Balaban J connectivity index is 1.85. The van der Waals surface area contributed by atoms with Gasteiger partial charge in [0.25, 0.3) is 0 Å². The summed E-state index contributed by atoms with van der Waals surface area (Å²) in [5.41, 5.74) is 1.14. The van der Waals surface area contributed by atoms with Gasteiger partial charge in [0.2, 0.25) is 0 Å². The van der Waals surface area contributed by atoms with Gasteiger partial charge in [0.15, 0.2) is 9.84 Å². The smallest absolute Gasteiger partial charge is 0.175 e. The molecule has 17 heavy (non-hydrogen) atoms. The molecule has 2 rings (SSSR count).